The minimum Gasteiger partial charge on any atom is -0.457 e. The first-order chi connectivity index (χ1) is 20.0. The molecule has 2 heterocycles. The molecule has 4 rings (SSSR count). The molecule has 0 saturated carbocycles. The van der Waals surface area contributed by atoms with Gasteiger partial charge in [-0.2, -0.15) is 4.98 Å². The summed E-state index contributed by atoms with van der Waals surface area (Å²) in [5.41, 5.74) is 0.654. The maximum atomic E-state index is 12.1. The molecule has 216 valence electrons. The molecule has 2 amide bonds. The Balaban J connectivity index is 1.47. The van der Waals surface area contributed by atoms with E-state index < -0.39 is 16.6 Å². The SMILES string of the molecule is CNC(=O)c1cc(Oc2ccc(Nc3ncc([N+](=O)[O-])c(Nc4cccc(NC(=O)OC(C)(C)C)c4)n3)cc2)ccn1. The molecule has 0 spiro atoms. The summed E-state index contributed by atoms with van der Waals surface area (Å²) in [6, 6.07) is 16.5. The van der Waals surface area contributed by atoms with Gasteiger partial charge in [-0.1, -0.05) is 6.07 Å². The van der Waals surface area contributed by atoms with Gasteiger partial charge in [-0.05, 0) is 69.3 Å². The first-order valence-electron chi connectivity index (χ1n) is 12.6. The fourth-order valence-electron chi connectivity index (χ4n) is 3.49. The van der Waals surface area contributed by atoms with Crippen LogP contribution in [0.2, 0.25) is 0 Å². The Kier molecular flexibility index (Phi) is 8.75. The van der Waals surface area contributed by atoms with Crippen LogP contribution in [-0.2, 0) is 4.74 Å². The van der Waals surface area contributed by atoms with Crippen molar-refractivity contribution in [3.63, 3.8) is 0 Å². The number of ether oxygens (including phenoxy) is 2. The van der Waals surface area contributed by atoms with Gasteiger partial charge in [0.2, 0.25) is 11.8 Å². The van der Waals surface area contributed by atoms with Gasteiger partial charge in [0.15, 0.2) is 0 Å². The van der Waals surface area contributed by atoms with E-state index in [1.807, 2.05) is 0 Å². The number of hydrogen-bond donors (Lipinski definition) is 4. The van der Waals surface area contributed by atoms with Gasteiger partial charge in [0.05, 0.1) is 4.92 Å². The van der Waals surface area contributed by atoms with Crippen molar-refractivity contribution in [2.75, 3.05) is 23.0 Å². The normalized spacial score (nSPS) is 10.8. The van der Waals surface area contributed by atoms with E-state index >= 15 is 0 Å². The largest absolute Gasteiger partial charge is 0.457 e. The van der Waals surface area contributed by atoms with Crippen molar-refractivity contribution < 1.29 is 24.0 Å². The third-order valence-electron chi connectivity index (χ3n) is 5.27. The minimum absolute atomic E-state index is 0.0588. The molecule has 2 aromatic carbocycles. The summed E-state index contributed by atoms with van der Waals surface area (Å²) in [7, 11) is 1.51. The molecule has 2 aromatic heterocycles. The van der Waals surface area contributed by atoms with E-state index in [-0.39, 0.29) is 29.1 Å². The van der Waals surface area contributed by atoms with Crippen LogP contribution in [0.4, 0.5) is 39.3 Å². The van der Waals surface area contributed by atoms with E-state index in [9.17, 15) is 19.7 Å². The van der Waals surface area contributed by atoms with Gasteiger partial charge in [0, 0.05) is 36.4 Å². The van der Waals surface area contributed by atoms with E-state index in [0.717, 1.165) is 6.20 Å². The molecule has 0 aliphatic heterocycles. The third-order valence-corrected chi connectivity index (χ3v) is 5.27. The van der Waals surface area contributed by atoms with Crippen LogP contribution >= 0.6 is 0 Å². The van der Waals surface area contributed by atoms with Crippen LogP contribution in [0.5, 0.6) is 11.5 Å². The van der Waals surface area contributed by atoms with Crippen LogP contribution in [0, 0.1) is 10.1 Å². The smallest absolute Gasteiger partial charge is 0.412 e. The average Bonchev–Trinajstić information content (AvgIpc) is 2.93. The van der Waals surface area contributed by atoms with E-state index in [0.29, 0.717) is 28.6 Å². The van der Waals surface area contributed by atoms with Gasteiger partial charge in [0.1, 0.15) is 29.0 Å². The zero-order valence-corrected chi connectivity index (χ0v) is 23.2. The number of benzene rings is 2. The number of hydrogen-bond acceptors (Lipinski definition) is 11. The molecule has 0 bridgehead atoms. The lowest BCUT2D eigenvalue weighted by molar-refractivity contribution is -0.384. The molecule has 0 atom stereocenters. The van der Waals surface area contributed by atoms with Crippen molar-refractivity contribution in [1.82, 2.24) is 20.3 Å². The summed E-state index contributed by atoms with van der Waals surface area (Å²) < 4.78 is 11.1. The Morgan fingerprint density at radius 1 is 0.905 bits per heavy atom. The summed E-state index contributed by atoms with van der Waals surface area (Å²) in [6.45, 7) is 5.25. The van der Waals surface area contributed by atoms with Crippen molar-refractivity contribution in [2.45, 2.75) is 26.4 Å². The van der Waals surface area contributed by atoms with Gasteiger partial charge in [0.25, 0.3) is 5.91 Å². The molecule has 0 saturated heterocycles. The Hall–Kier alpha value is -5.79. The number of aromatic nitrogens is 3. The molecular weight excluding hydrogens is 544 g/mol. The van der Waals surface area contributed by atoms with Crippen LogP contribution in [0.3, 0.4) is 0 Å². The van der Waals surface area contributed by atoms with Crippen molar-refractivity contribution in [1.29, 1.82) is 0 Å². The fourth-order valence-corrected chi connectivity index (χ4v) is 3.49. The lowest BCUT2D eigenvalue weighted by Gasteiger charge is -2.19. The highest BCUT2D eigenvalue weighted by Gasteiger charge is 2.19. The molecule has 0 radical (unpaired) electrons. The third kappa shape index (κ3) is 8.11. The zero-order chi connectivity index (χ0) is 30.3. The lowest BCUT2D eigenvalue weighted by Crippen LogP contribution is -2.27. The summed E-state index contributed by atoms with van der Waals surface area (Å²) in [6.07, 6.45) is 1.93. The van der Waals surface area contributed by atoms with Crippen LogP contribution in [-0.4, -0.2) is 44.5 Å². The maximum Gasteiger partial charge on any atom is 0.412 e. The van der Waals surface area contributed by atoms with Gasteiger partial charge in [-0.25, -0.2) is 9.78 Å². The molecule has 0 unspecified atom stereocenters. The number of nitrogens with one attached hydrogen (secondary N) is 4. The van der Waals surface area contributed by atoms with E-state index in [2.05, 4.69) is 36.2 Å². The van der Waals surface area contributed by atoms with Crippen molar-refractivity contribution in [3.8, 4) is 11.5 Å². The van der Waals surface area contributed by atoms with Gasteiger partial charge < -0.3 is 25.4 Å². The quantitative estimate of drug-likeness (QED) is 0.141. The highest BCUT2D eigenvalue weighted by atomic mass is 16.6. The predicted molar refractivity (Wildman–Crippen MR) is 156 cm³/mol. The molecule has 14 heteroatoms. The summed E-state index contributed by atoms with van der Waals surface area (Å²) in [4.78, 5) is 47.3. The average molecular weight is 573 g/mol. The van der Waals surface area contributed by atoms with Crippen LogP contribution in [0.1, 0.15) is 31.3 Å². The molecule has 4 aromatic rings. The second-order valence-corrected chi connectivity index (χ2v) is 9.72. The maximum absolute atomic E-state index is 12.1. The Bertz CT molecular complexity index is 1610. The van der Waals surface area contributed by atoms with Gasteiger partial charge in [-0.15, -0.1) is 0 Å². The Labute approximate surface area is 240 Å². The Morgan fingerprint density at radius 2 is 1.64 bits per heavy atom. The lowest BCUT2D eigenvalue weighted by atomic mass is 10.2. The summed E-state index contributed by atoms with van der Waals surface area (Å²) in [5, 5.41) is 22.7. The van der Waals surface area contributed by atoms with Crippen LogP contribution in [0.25, 0.3) is 0 Å². The number of anilines is 5. The first-order valence-corrected chi connectivity index (χ1v) is 12.6. The minimum atomic E-state index is -0.671. The summed E-state index contributed by atoms with van der Waals surface area (Å²) >= 11 is 0. The second kappa shape index (κ2) is 12.6. The summed E-state index contributed by atoms with van der Waals surface area (Å²) in [5.74, 6) is 0.647. The molecule has 0 fully saturated rings. The number of amides is 2. The topological polar surface area (TPSA) is 183 Å². The number of nitrogens with zero attached hydrogens (tertiary/aromatic N) is 4. The van der Waals surface area contributed by atoms with E-state index in [4.69, 9.17) is 9.47 Å². The van der Waals surface area contributed by atoms with Gasteiger partial charge in [-0.3, -0.25) is 25.2 Å². The Morgan fingerprint density at radius 3 is 2.33 bits per heavy atom. The molecule has 42 heavy (non-hydrogen) atoms. The predicted octanol–water partition coefficient (Wildman–Crippen LogP) is 5.77. The van der Waals surface area contributed by atoms with Gasteiger partial charge >= 0.3 is 11.8 Å². The number of nitro groups is 1. The molecule has 4 N–H and O–H groups in total. The first kappa shape index (κ1) is 29.2. The highest BCUT2D eigenvalue weighted by Crippen LogP contribution is 2.29. The van der Waals surface area contributed by atoms with Crippen LogP contribution in [0.15, 0.2) is 73.1 Å². The standard InChI is InChI=1S/C28H28N8O6/c1-28(2,3)42-27(38)34-19-7-5-6-18(14-19)32-24-23(36(39)40)16-31-26(35-24)33-17-8-10-20(11-9-17)41-21-12-13-30-22(15-21)25(37)29-4/h5-16H,1-4H3,(H,29,37)(H,34,38)(H2,31,32,33,35). The highest BCUT2D eigenvalue weighted by molar-refractivity contribution is 5.92. The molecule has 0 aliphatic rings. The number of rotatable bonds is 9. The zero-order valence-electron chi connectivity index (χ0n) is 23.2. The molecule has 0 aliphatic carbocycles. The van der Waals surface area contributed by atoms with Crippen molar-refractivity contribution >= 4 is 46.5 Å². The van der Waals surface area contributed by atoms with Crippen molar-refractivity contribution in [3.05, 3.63) is 88.9 Å². The monoisotopic (exact) mass is 572 g/mol. The van der Waals surface area contributed by atoms with E-state index in [1.165, 1.54) is 19.3 Å². The van der Waals surface area contributed by atoms with E-state index in [1.54, 1.807) is 75.4 Å². The van der Waals surface area contributed by atoms with Crippen LogP contribution < -0.4 is 26.0 Å². The number of carbonyl (C=O) groups is 2. The molecular formula is C28H28N8O6. The molecule has 14 nitrogen and oxygen atoms in total. The fraction of sp³-hybridized carbons (Fsp3) is 0.179. The number of carbonyl (C=O) groups excluding carboxylic acids is 2. The van der Waals surface area contributed by atoms with Crippen molar-refractivity contribution in [2.24, 2.45) is 0 Å². The number of pyridine rings is 1. The second-order valence-electron chi connectivity index (χ2n) is 9.72.